The Kier molecular flexibility index (Phi) is 29.4. The van der Waals surface area contributed by atoms with Gasteiger partial charge in [0.05, 0.1) is 29.9 Å². The van der Waals surface area contributed by atoms with Crippen LogP contribution < -0.4 is 0 Å². The molecular weight excluding hydrogens is 823 g/mol. The summed E-state index contributed by atoms with van der Waals surface area (Å²) in [7, 11) is 0. The topological polar surface area (TPSA) is 244 Å². The molecule has 0 aliphatic heterocycles. The monoisotopic (exact) mass is 875 g/mol. The van der Waals surface area contributed by atoms with Gasteiger partial charge in [-0.05, 0) is 121 Å². The second-order valence-electron chi connectivity index (χ2n) is 11.8. The number of hydrogen-bond acceptors (Lipinski definition) is 17. The molecule has 320 valence electrons. The van der Waals surface area contributed by atoms with Crippen molar-refractivity contribution in [2.45, 2.75) is 69.2 Å². The first-order chi connectivity index (χ1) is 28.9. The summed E-state index contributed by atoms with van der Waals surface area (Å²) in [6, 6.07) is 3.94. The van der Waals surface area contributed by atoms with Crippen LogP contribution in [0, 0.1) is 69.2 Å². The Hall–Kier alpha value is -6.71. The van der Waals surface area contributed by atoms with Crippen LogP contribution in [0.1, 0.15) is 56.7 Å². The summed E-state index contributed by atoms with van der Waals surface area (Å²) in [5.41, 5.74) is 12.6. The highest BCUT2D eigenvalue weighted by atomic mass is 32.1. The van der Waals surface area contributed by atoms with E-state index in [9.17, 15) is 0 Å². The molecule has 18 nitrogen and oxygen atoms in total. The number of thiazole rings is 1. The second kappa shape index (κ2) is 34.3. The summed E-state index contributed by atoms with van der Waals surface area (Å²) in [4.78, 5) is 24.7. The molecule has 0 amide bonds. The molecule has 10 rings (SSSR count). The molecule has 0 aromatic carbocycles. The highest BCUT2D eigenvalue weighted by Crippen LogP contribution is 1.97. The van der Waals surface area contributed by atoms with E-state index in [-0.39, 0.29) is 0 Å². The fraction of sp³-hybridized carbons (Fsp3) is 0.256. The zero-order valence-corrected chi connectivity index (χ0v) is 37.8. The van der Waals surface area contributed by atoms with Crippen LogP contribution in [0.5, 0.6) is 0 Å². The standard InChI is InChI=1S/C5H7N.3C4H6N2.2C4H5NO.2C4H5NS.C3H4N2O.C3H4N2S/c1-5-2-3-6-4-5;1-4-2-5-3-6-4;1-4-2-5-6-3-4;1-4-2-3-5-6-4;1-4-2-6-3-5-4;1-4-2-5-6-3-4;1-4-2-6-3-5-4;1-4-2-5-6-3-4;2*1-3-4-2-6-5-3/h2-4,6H,1H3;3*2-3H,1H3,(H,5,6);4*2-3H,1H3;2*2H,1H3. The van der Waals surface area contributed by atoms with Crippen molar-refractivity contribution in [3.8, 4) is 0 Å². The highest BCUT2D eigenvalue weighted by molar-refractivity contribution is 7.07. The average Bonchev–Trinajstić information content (AvgIpc) is 4.06. The molecule has 0 aliphatic carbocycles. The molecular formula is C39H53N15O3S3. The van der Waals surface area contributed by atoms with E-state index in [0.717, 1.165) is 34.2 Å². The lowest BCUT2D eigenvalue weighted by Gasteiger charge is -1.68. The van der Waals surface area contributed by atoms with Crippen molar-refractivity contribution >= 4 is 34.4 Å². The van der Waals surface area contributed by atoms with Gasteiger partial charge in [-0.2, -0.15) is 19.6 Å². The molecule has 0 unspecified atom stereocenters. The van der Waals surface area contributed by atoms with Crippen LogP contribution in [0.2, 0.25) is 0 Å². The van der Waals surface area contributed by atoms with Crippen LogP contribution in [0.25, 0.3) is 0 Å². The van der Waals surface area contributed by atoms with Crippen LogP contribution >= 0.6 is 34.4 Å². The Balaban J connectivity index is 0.000000333. The number of aromatic nitrogens is 15. The quantitative estimate of drug-likeness (QED) is 0.111. The van der Waals surface area contributed by atoms with Gasteiger partial charge in [-0.25, -0.2) is 19.3 Å². The van der Waals surface area contributed by atoms with Crippen molar-refractivity contribution in [1.82, 2.24) is 74.3 Å². The summed E-state index contributed by atoms with van der Waals surface area (Å²) in [5, 5.41) is 23.7. The van der Waals surface area contributed by atoms with Crippen LogP contribution in [-0.4, -0.2) is 74.3 Å². The lowest BCUT2D eigenvalue weighted by Crippen LogP contribution is -1.66. The number of aromatic amines is 4. The maximum absolute atomic E-state index is 4.60. The van der Waals surface area contributed by atoms with Crippen molar-refractivity contribution in [2.75, 3.05) is 0 Å². The minimum Gasteiger partial charge on any atom is -0.452 e. The molecule has 0 saturated carbocycles. The number of rotatable bonds is 0. The van der Waals surface area contributed by atoms with Crippen molar-refractivity contribution in [1.29, 1.82) is 0 Å². The molecule has 21 heteroatoms. The van der Waals surface area contributed by atoms with E-state index in [1.165, 1.54) is 52.5 Å². The zero-order valence-electron chi connectivity index (χ0n) is 35.3. The van der Waals surface area contributed by atoms with E-state index in [1.54, 1.807) is 67.4 Å². The third-order valence-corrected chi connectivity index (χ3v) is 7.81. The molecule has 10 aromatic heterocycles. The summed E-state index contributed by atoms with van der Waals surface area (Å²) in [6.07, 6.45) is 22.1. The second-order valence-corrected chi connectivity index (χ2v) is 13.7. The van der Waals surface area contributed by atoms with Gasteiger partial charge in [-0.1, -0.05) is 10.3 Å². The Morgan fingerprint density at radius 1 is 0.617 bits per heavy atom. The van der Waals surface area contributed by atoms with Crippen LogP contribution in [0.15, 0.2) is 129 Å². The summed E-state index contributed by atoms with van der Waals surface area (Å²) in [6.45, 7) is 19.4. The van der Waals surface area contributed by atoms with Gasteiger partial charge in [0.1, 0.15) is 23.9 Å². The van der Waals surface area contributed by atoms with E-state index in [1.807, 2.05) is 109 Å². The first-order valence-electron chi connectivity index (χ1n) is 17.8. The first kappa shape index (κ1) is 51.3. The number of hydrogen-bond donors (Lipinski definition) is 4. The largest absolute Gasteiger partial charge is 0.452 e. The zero-order chi connectivity index (χ0) is 44.1. The average molecular weight is 876 g/mol. The summed E-state index contributed by atoms with van der Waals surface area (Å²) < 4.78 is 21.1. The fourth-order valence-electron chi connectivity index (χ4n) is 2.88. The predicted molar refractivity (Wildman–Crippen MR) is 235 cm³/mol. The van der Waals surface area contributed by atoms with Crippen LogP contribution in [0.3, 0.4) is 0 Å². The van der Waals surface area contributed by atoms with Gasteiger partial charge in [0.25, 0.3) is 0 Å². The Morgan fingerprint density at radius 3 is 1.62 bits per heavy atom. The number of H-pyrrole nitrogens is 4. The number of aryl methyl sites for hydroxylation is 10. The lowest BCUT2D eigenvalue weighted by molar-refractivity contribution is 0.412. The van der Waals surface area contributed by atoms with Crippen LogP contribution in [-0.2, 0) is 0 Å². The number of imidazole rings is 1. The molecule has 0 saturated heterocycles. The number of oxazole rings is 1. The normalized spacial score (nSPS) is 8.83. The Bertz CT molecular complexity index is 1650. The Morgan fingerprint density at radius 2 is 1.45 bits per heavy atom. The maximum atomic E-state index is 4.60. The van der Waals surface area contributed by atoms with Gasteiger partial charge < -0.3 is 23.4 Å². The number of nitrogens with one attached hydrogen (secondary N) is 4. The predicted octanol–water partition coefficient (Wildman–Crippen LogP) is 9.57. The molecule has 0 radical (unpaired) electrons. The van der Waals surface area contributed by atoms with Crippen molar-refractivity contribution in [2.24, 2.45) is 0 Å². The van der Waals surface area contributed by atoms with Crippen molar-refractivity contribution in [3.05, 3.63) is 172 Å². The van der Waals surface area contributed by atoms with E-state index in [4.69, 9.17) is 0 Å². The molecule has 0 fully saturated rings. The van der Waals surface area contributed by atoms with Gasteiger partial charge in [0.2, 0.25) is 6.39 Å². The molecule has 10 aromatic rings. The number of nitrogens with zero attached hydrogens (tertiary/aromatic N) is 11. The fourth-order valence-corrected chi connectivity index (χ4v) is 4.39. The van der Waals surface area contributed by atoms with E-state index < -0.39 is 0 Å². The highest BCUT2D eigenvalue weighted by Gasteiger charge is 1.81. The van der Waals surface area contributed by atoms with E-state index in [2.05, 4.69) is 94.7 Å². The smallest absolute Gasteiger partial charge is 0.213 e. The third-order valence-electron chi connectivity index (χ3n) is 5.83. The lowest BCUT2D eigenvalue weighted by atomic mass is 10.4. The molecule has 0 aliphatic rings. The first-order valence-corrected chi connectivity index (χ1v) is 20.4. The summed E-state index contributed by atoms with van der Waals surface area (Å²) in [5.74, 6) is 1.54. The minimum atomic E-state index is 0.676. The molecule has 4 N–H and O–H groups in total. The van der Waals surface area contributed by atoms with Gasteiger partial charge in [0, 0.05) is 70.6 Å². The summed E-state index contributed by atoms with van der Waals surface area (Å²) >= 11 is 4.50. The maximum Gasteiger partial charge on any atom is 0.213 e. The van der Waals surface area contributed by atoms with Crippen molar-refractivity contribution < 1.29 is 13.5 Å². The van der Waals surface area contributed by atoms with E-state index in [0.29, 0.717) is 5.82 Å². The van der Waals surface area contributed by atoms with Crippen molar-refractivity contribution in [3.63, 3.8) is 0 Å². The molecule has 10 heterocycles. The third kappa shape index (κ3) is 32.4. The molecule has 60 heavy (non-hydrogen) atoms. The molecule has 0 atom stereocenters. The Labute approximate surface area is 361 Å². The SMILES string of the molecule is Cc1cc[nH]c1.Cc1ccn[nH]1.Cc1cn[nH]c1.Cc1cnc[nH]1.Cc1cnoc1.Cc1cnsc1.Cc1cocn1.Cc1cscn1.Cc1ncon1.Cc1ncsn1. The molecule has 0 bridgehead atoms. The van der Waals surface area contributed by atoms with Gasteiger partial charge >= 0.3 is 0 Å². The van der Waals surface area contributed by atoms with Gasteiger partial charge in [-0.3, -0.25) is 15.2 Å². The van der Waals surface area contributed by atoms with Crippen LogP contribution in [0.4, 0.5) is 0 Å². The van der Waals surface area contributed by atoms with Gasteiger partial charge in [-0.15, -0.1) is 11.3 Å². The van der Waals surface area contributed by atoms with E-state index >= 15 is 0 Å². The molecule has 0 spiro atoms. The van der Waals surface area contributed by atoms with Gasteiger partial charge in [0.15, 0.2) is 12.2 Å². The minimum absolute atomic E-state index is 0.676.